The number of hydrogen-bond donors (Lipinski definition) is 1. The molecule has 1 N–H and O–H groups in total. The van der Waals surface area contributed by atoms with E-state index in [0.29, 0.717) is 23.3 Å². The number of halogens is 1. The molecular formula is C15H22FNO. The molecular weight excluding hydrogens is 229 g/mol. The van der Waals surface area contributed by atoms with Gasteiger partial charge in [0, 0.05) is 12.1 Å². The van der Waals surface area contributed by atoms with Gasteiger partial charge in [0.25, 0.3) is 0 Å². The Morgan fingerprint density at radius 2 is 2.11 bits per heavy atom. The van der Waals surface area contributed by atoms with E-state index in [1.165, 1.54) is 12.5 Å². The Morgan fingerprint density at radius 3 is 2.78 bits per heavy atom. The standard InChI is InChI=1S/C15H22FNO/c1-10-4-7-14(17-3)15(8-10)18-12-6-5-11(2)13(16)9-12/h5-6,9-10,14-15,17H,4,7-8H2,1-3H3. The monoisotopic (exact) mass is 251 g/mol. The van der Waals surface area contributed by atoms with Gasteiger partial charge in [0.15, 0.2) is 0 Å². The molecule has 2 nitrogen and oxygen atoms in total. The van der Waals surface area contributed by atoms with Gasteiger partial charge < -0.3 is 10.1 Å². The molecule has 2 rings (SSSR count). The van der Waals surface area contributed by atoms with Crippen molar-refractivity contribution in [1.82, 2.24) is 5.32 Å². The second-order valence-electron chi connectivity index (χ2n) is 5.38. The third-order valence-corrected chi connectivity index (χ3v) is 3.86. The van der Waals surface area contributed by atoms with Gasteiger partial charge in [0.2, 0.25) is 0 Å². The van der Waals surface area contributed by atoms with Crippen molar-refractivity contribution >= 4 is 0 Å². The first kappa shape index (κ1) is 13.3. The average Bonchev–Trinajstić information content (AvgIpc) is 2.34. The lowest BCUT2D eigenvalue weighted by Gasteiger charge is -2.34. The summed E-state index contributed by atoms with van der Waals surface area (Å²) in [7, 11) is 1.97. The largest absolute Gasteiger partial charge is 0.489 e. The Morgan fingerprint density at radius 1 is 1.33 bits per heavy atom. The van der Waals surface area contributed by atoms with E-state index in [1.807, 2.05) is 13.1 Å². The van der Waals surface area contributed by atoms with Crippen molar-refractivity contribution in [3.63, 3.8) is 0 Å². The molecule has 0 saturated heterocycles. The van der Waals surface area contributed by atoms with Crippen molar-refractivity contribution in [2.24, 2.45) is 5.92 Å². The van der Waals surface area contributed by atoms with E-state index >= 15 is 0 Å². The van der Waals surface area contributed by atoms with Crippen molar-refractivity contribution in [3.05, 3.63) is 29.6 Å². The smallest absolute Gasteiger partial charge is 0.129 e. The predicted molar refractivity (Wildman–Crippen MR) is 71.4 cm³/mol. The molecule has 1 aromatic carbocycles. The van der Waals surface area contributed by atoms with Crippen LogP contribution in [-0.2, 0) is 0 Å². The van der Waals surface area contributed by atoms with Crippen molar-refractivity contribution in [3.8, 4) is 5.75 Å². The fraction of sp³-hybridized carbons (Fsp3) is 0.600. The van der Waals surface area contributed by atoms with Gasteiger partial charge in [-0.25, -0.2) is 4.39 Å². The SMILES string of the molecule is CNC1CCC(C)CC1Oc1ccc(C)c(F)c1. The van der Waals surface area contributed by atoms with Crippen LogP contribution in [0.1, 0.15) is 31.7 Å². The van der Waals surface area contributed by atoms with Crippen molar-refractivity contribution in [2.45, 2.75) is 45.3 Å². The Bertz CT molecular complexity index is 407. The Labute approximate surface area is 109 Å². The van der Waals surface area contributed by atoms with Crippen LogP contribution in [0, 0.1) is 18.7 Å². The molecule has 0 amide bonds. The van der Waals surface area contributed by atoms with Crippen LogP contribution in [0.3, 0.4) is 0 Å². The maximum absolute atomic E-state index is 13.5. The van der Waals surface area contributed by atoms with Gasteiger partial charge in [0.05, 0.1) is 0 Å². The summed E-state index contributed by atoms with van der Waals surface area (Å²) in [5.41, 5.74) is 0.657. The summed E-state index contributed by atoms with van der Waals surface area (Å²) < 4.78 is 19.5. The lowest BCUT2D eigenvalue weighted by atomic mass is 9.85. The van der Waals surface area contributed by atoms with E-state index < -0.39 is 0 Å². The molecule has 100 valence electrons. The van der Waals surface area contributed by atoms with E-state index in [-0.39, 0.29) is 11.9 Å². The molecule has 0 aliphatic heterocycles. The fourth-order valence-electron chi connectivity index (χ4n) is 2.61. The molecule has 0 spiro atoms. The Hall–Kier alpha value is -1.09. The van der Waals surface area contributed by atoms with E-state index in [4.69, 9.17) is 4.74 Å². The van der Waals surface area contributed by atoms with Crippen LogP contribution in [0.4, 0.5) is 4.39 Å². The first-order valence-corrected chi connectivity index (χ1v) is 6.70. The molecule has 3 atom stereocenters. The molecule has 1 aliphatic carbocycles. The number of benzene rings is 1. The van der Waals surface area contributed by atoms with E-state index in [1.54, 1.807) is 13.0 Å². The zero-order valence-corrected chi connectivity index (χ0v) is 11.4. The Kier molecular flexibility index (Phi) is 4.23. The van der Waals surface area contributed by atoms with Crippen molar-refractivity contribution in [2.75, 3.05) is 7.05 Å². The van der Waals surface area contributed by atoms with Gasteiger partial charge in [-0.1, -0.05) is 13.0 Å². The lowest BCUT2D eigenvalue weighted by Crippen LogP contribution is -2.45. The van der Waals surface area contributed by atoms with E-state index in [0.717, 1.165) is 12.8 Å². The van der Waals surface area contributed by atoms with Gasteiger partial charge in [0.1, 0.15) is 17.7 Å². The normalized spacial score (nSPS) is 28.1. The quantitative estimate of drug-likeness (QED) is 0.890. The molecule has 0 aromatic heterocycles. The molecule has 3 heteroatoms. The van der Waals surface area contributed by atoms with Crippen LogP contribution < -0.4 is 10.1 Å². The minimum absolute atomic E-state index is 0.140. The summed E-state index contributed by atoms with van der Waals surface area (Å²) in [5, 5.41) is 3.30. The van der Waals surface area contributed by atoms with Gasteiger partial charge >= 0.3 is 0 Å². The number of hydrogen-bond acceptors (Lipinski definition) is 2. The lowest BCUT2D eigenvalue weighted by molar-refractivity contribution is 0.0941. The zero-order valence-electron chi connectivity index (χ0n) is 11.4. The first-order chi connectivity index (χ1) is 8.60. The summed E-state index contributed by atoms with van der Waals surface area (Å²) in [6.45, 7) is 4.01. The first-order valence-electron chi connectivity index (χ1n) is 6.70. The molecule has 0 radical (unpaired) electrons. The molecule has 0 heterocycles. The number of likely N-dealkylation sites (N-methyl/N-ethyl adjacent to an activating group) is 1. The summed E-state index contributed by atoms with van der Waals surface area (Å²) >= 11 is 0. The highest BCUT2D eigenvalue weighted by Crippen LogP contribution is 2.28. The van der Waals surface area contributed by atoms with E-state index in [2.05, 4.69) is 12.2 Å². The molecule has 0 bridgehead atoms. The highest BCUT2D eigenvalue weighted by molar-refractivity contribution is 5.28. The van der Waals surface area contributed by atoms with Crippen LogP contribution in [0.2, 0.25) is 0 Å². The maximum atomic E-state index is 13.5. The number of nitrogens with one attached hydrogen (secondary N) is 1. The third kappa shape index (κ3) is 3.02. The average molecular weight is 251 g/mol. The topological polar surface area (TPSA) is 21.3 Å². The van der Waals surface area contributed by atoms with Gasteiger partial charge in [-0.2, -0.15) is 0 Å². The number of rotatable bonds is 3. The molecule has 1 aliphatic rings. The summed E-state index contributed by atoms with van der Waals surface area (Å²) in [5.74, 6) is 1.12. The highest BCUT2D eigenvalue weighted by atomic mass is 19.1. The highest BCUT2D eigenvalue weighted by Gasteiger charge is 2.29. The van der Waals surface area contributed by atoms with Gasteiger partial charge in [-0.3, -0.25) is 0 Å². The number of aryl methyl sites for hydroxylation is 1. The summed E-state index contributed by atoms with van der Waals surface area (Å²) in [4.78, 5) is 0. The van der Waals surface area contributed by atoms with Crippen LogP contribution in [0.5, 0.6) is 5.75 Å². The van der Waals surface area contributed by atoms with Crippen LogP contribution >= 0.6 is 0 Å². The van der Waals surface area contributed by atoms with Crippen LogP contribution in [0.25, 0.3) is 0 Å². The van der Waals surface area contributed by atoms with Crippen LogP contribution in [-0.4, -0.2) is 19.2 Å². The van der Waals surface area contributed by atoms with Crippen molar-refractivity contribution < 1.29 is 9.13 Å². The Balaban J connectivity index is 2.08. The summed E-state index contributed by atoms with van der Waals surface area (Å²) in [6, 6.07) is 5.47. The summed E-state index contributed by atoms with van der Waals surface area (Å²) in [6.07, 6.45) is 3.52. The molecule has 1 aromatic rings. The van der Waals surface area contributed by atoms with Gasteiger partial charge in [-0.15, -0.1) is 0 Å². The molecule has 1 fully saturated rings. The van der Waals surface area contributed by atoms with Crippen LogP contribution in [0.15, 0.2) is 18.2 Å². The minimum atomic E-state index is -0.197. The van der Waals surface area contributed by atoms with Crippen molar-refractivity contribution in [1.29, 1.82) is 0 Å². The zero-order chi connectivity index (χ0) is 13.1. The maximum Gasteiger partial charge on any atom is 0.129 e. The second kappa shape index (κ2) is 5.70. The minimum Gasteiger partial charge on any atom is -0.489 e. The van der Waals surface area contributed by atoms with E-state index in [9.17, 15) is 4.39 Å². The third-order valence-electron chi connectivity index (χ3n) is 3.86. The molecule has 18 heavy (non-hydrogen) atoms. The number of ether oxygens (including phenoxy) is 1. The second-order valence-corrected chi connectivity index (χ2v) is 5.38. The predicted octanol–water partition coefficient (Wildman–Crippen LogP) is 3.29. The molecule has 1 saturated carbocycles. The van der Waals surface area contributed by atoms with Gasteiger partial charge in [-0.05, 0) is 50.8 Å². The molecule has 3 unspecified atom stereocenters. The fourth-order valence-corrected chi connectivity index (χ4v) is 2.61.